The number of nitrogens with one attached hydrogen (secondary N) is 1. The Morgan fingerprint density at radius 3 is 2.56 bits per heavy atom. The summed E-state index contributed by atoms with van der Waals surface area (Å²) in [6.07, 6.45) is 3.94. The van der Waals surface area contributed by atoms with E-state index in [9.17, 15) is 14.4 Å². The molecule has 0 radical (unpaired) electrons. The van der Waals surface area contributed by atoms with Gasteiger partial charge in [-0.3, -0.25) is 14.4 Å². The number of fused-ring (bicyclic) bond motifs is 1. The van der Waals surface area contributed by atoms with Crippen LogP contribution >= 0.6 is 0 Å². The maximum Gasteiger partial charge on any atom is 0.248 e. The molecule has 5 nitrogen and oxygen atoms in total. The lowest BCUT2D eigenvalue weighted by atomic mass is 10.1. The van der Waals surface area contributed by atoms with E-state index >= 15 is 0 Å². The summed E-state index contributed by atoms with van der Waals surface area (Å²) >= 11 is 0. The Bertz CT molecular complexity index is 1050. The number of benzene rings is 2. The van der Waals surface area contributed by atoms with Crippen LogP contribution in [0.1, 0.15) is 22.8 Å². The van der Waals surface area contributed by atoms with Crippen molar-refractivity contribution in [2.24, 2.45) is 0 Å². The Balaban J connectivity index is 1.83. The van der Waals surface area contributed by atoms with E-state index in [0.29, 0.717) is 22.2 Å². The molecule has 3 aromatic rings. The van der Waals surface area contributed by atoms with Crippen molar-refractivity contribution < 1.29 is 14.0 Å². The highest BCUT2D eigenvalue weighted by Crippen LogP contribution is 2.16. The monoisotopic (exact) mass is 333 g/mol. The zero-order chi connectivity index (χ0) is 17.8. The van der Waals surface area contributed by atoms with Gasteiger partial charge in [-0.1, -0.05) is 24.3 Å². The zero-order valence-electron chi connectivity index (χ0n) is 13.5. The van der Waals surface area contributed by atoms with Gasteiger partial charge < -0.3 is 9.73 Å². The van der Waals surface area contributed by atoms with Crippen LogP contribution in [0, 0.1) is 0 Å². The molecule has 0 aliphatic heterocycles. The van der Waals surface area contributed by atoms with Gasteiger partial charge in [-0.15, -0.1) is 0 Å². The maximum atomic E-state index is 12.4. The van der Waals surface area contributed by atoms with Crippen LogP contribution in [0.2, 0.25) is 0 Å². The van der Waals surface area contributed by atoms with Crippen LogP contribution in [0.4, 0.5) is 5.69 Å². The lowest BCUT2D eigenvalue weighted by Gasteiger charge is -2.06. The van der Waals surface area contributed by atoms with E-state index in [1.165, 1.54) is 25.3 Å². The van der Waals surface area contributed by atoms with Gasteiger partial charge in [-0.25, -0.2) is 0 Å². The molecule has 0 bridgehead atoms. The molecule has 5 heteroatoms. The summed E-state index contributed by atoms with van der Waals surface area (Å²) in [6.45, 7) is 1.43. The molecular formula is C20H15NO4. The molecule has 0 aliphatic rings. The molecule has 3 rings (SSSR count). The van der Waals surface area contributed by atoms with Crippen LogP contribution in [-0.2, 0) is 4.79 Å². The Morgan fingerprint density at radius 2 is 1.76 bits per heavy atom. The molecule has 1 heterocycles. The van der Waals surface area contributed by atoms with Crippen molar-refractivity contribution in [1.29, 1.82) is 0 Å². The first kappa shape index (κ1) is 16.4. The molecule has 1 amide bonds. The van der Waals surface area contributed by atoms with Gasteiger partial charge in [-0.2, -0.15) is 0 Å². The predicted octanol–water partition coefficient (Wildman–Crippen LogP) is 3.65. The standard InChI is InChI=1S/C20H15NO4/c1-13(22)15-6-2-4-8-17(15)21-19(23)11-10-14-12-25-18-9-5-3-7-16(18)20(14)24/h2-12H,1H3,(H,21,23)/b11-10+. The molecule has 0 fully saturated rings. The van der Waals surface area contributed by atoms with Crippen molar-refractivity contribution in [2.75, 3.05) is 5.32 Å². The molecule has 0 spiro atoms. The molecule has 124 valence electrons. The zero-order valence-corrected chi connectivity index (χ0v) is 13.5. The second-order valence-electron chi connectivity index (χ2n) is 5.44. The molecule has 25 heavy (non-hydrogen) atoms. The number of anilines is 1. The third kappa shape index (κ3) is 3.55. The fourth-order valence-corrected chi connectivity index (χ4v) is 2.45. The van der Waals surface area contributed by atoms with Gasteiger partial charge in [0, 0.05) is 11.6 Å². The maximum absolute atomic E-state index is 12.4. The molecule has 0 atom stereocenters. The summed E-state index contributed by atoms with van der Waals surface area (Å²) < 4.78 is 5.40. The van der Waals surface area contributed by atoms with Crippen LogP contribution in [0.25, 0.3) is 17.0 Å². The van der Waals surface area contributed by atoms with Gasteiger partial charge in [0.25, 0.3) is 0 Å². The number of amides is 1. The highest BCUT2D eigenvalue weighted by Gasteiger charge is 2.08. The molecule has 0 unspecified atom stereocenters. The smallest absolute Gasteiger partial charge is 0.248 e. The van der Waals surface area contributed by atoms with E-state index < -0.39 is 5.91 Å². The third-order valence-corrected chi connectivity index (χ3v) is 3.69. The van der Waals surface area contributed by atoms with Crippen molar-refractivity contribution >= 4 is 34.4 Å². The minimum Gasteiger partial charge on any atom is -0.463 e. The van der Waals surface area contributed by atoms with E-state index in [4.69, 9.17) is 4.42 Å². The summed E-state index contributed by atoms with van der Waals surface area (Å²) in [6, 6.07) is 13.6. The average Bonchev–Trinajstić information content (AvgIpc) is 2.61. The number of hydrogen-bond acceptors (Lipinski definition) is 4. The lowest BCUT2D eigenvalue weighted by Crippen LogP contribution is -2.11. The number of hydrogen-bond donors (Lipinski definition) is 1. The van der Waals surface area contributed by atoms with E-state index in [-0.39, 0.29) is 16.8 Å². The summed E-state index contributed by atoms with van der Waals surface area (Å²) in [5.74, 6) is -0.587. The highest BCUT2D eigenvalue weighted by atomic mass is 16.3. The Kier molecular flexibility index (Phi) is 4.57. The Hall–Kier alpha value is -3.47. The predicted molar refractivity (Wildman–Crippen MR) is 96.6 cm³/mol. The van der Waals surface area contributed by atoms with E-state index in [0.717, 1.165) is 0 Å². The summed E-state index contributed by atoms with van der Waals surface area (Å²) in [5.41, 5.74) is 1.40. The van der Waals surface area contributed by atoms with Crippen LogP contribution in [0.5, 0.6) is 0 Å². The van der Waals surface area contributed by atoms with Crippen molar-refractivity contribution in [3.63, 3.8) is 0 Å². The number of rotatable bonds is 4. The van der Waals surface area contributed by atoms with Gasteiger partial charge in [0.2, 0.25) is 5.91 Å². The average molecular weight is 333 g/mol. The molecule has 1 N–H and O–H groups in total. The molecule has 2 aromatic carbocycles. The van der Waals surface area contributed by atoms with Crippen LogP contribution in [0.15, 0.2) is 70.1 Å². The van der Waals surface area contributed by atoms with Gasteiger partial charge in [0.1, 0.15) is 11.8 Å². The number of carbonyl (C=O) groups excluding carboxylic acids is 2. The van der Waals surface area contributed by atoms with Crippen molar-refractivity contribution in [3.05, 3.63) is 82.2 Å². The molecule has 0 saturated carbocycles. The summed E-state index contributed by atoms with van der Waals surface area (Å²) in [5, 5.41) is 3.09. The lowest BCUT2D eigenvalue weighted by molar-refractivity contribution is -0.111. The van der Waals surface area contributed by atoms with Gasteiger partial charge >= 0.3 is 0 Å². The number of Topliss-reactive ketones (excluding diaryl/α,β-unsaturated/α-hetero) is 1. The first-order valence-corrected chi connectivity index (χ1v) is 7.66. The van der Waals surface area contributed by atoms with E-state index in [1.54, 1.807) is 48.5 Å². The fourth-order valence-electron chi connectivity index (χ4n) is 2.45. The topological polar surface area (TPSA) is 76.4 Å². The molecule has 0 aliphatic carbocycles. The molecular weight excluding hydrogens is 318 g/mol. The van der Waals surface area contributed by atoms with Gasteiger partial charge in [0.15, 0.2) is 11.2 Å². The van der Waals surface area contributed by atoms with Crippen molar-refractivity contribution in [2.45, 2.75) is 6.92 Å². The summed E-state index contributed by atoms with van der Waals surface area (Å²) in [4.78, 5) is 36.0. The largest absolute Gasteiger partial charge is 0.463 e. The minimum atomic E-state index is -0.443. The quantitative estimate of drug-likeness (QED) is 0.584. The third-order valence-electron chi connectivity index (χ3n) is 3.69. The van der Waals surface area contributed by atoms with Crippen molar-refractivity contribution in [3.8, 4) is 0 Å². The van der Waals surface area contributed by atoms with E-state index in [1.807, 2.05) is 0 Å². The second kappa shape index (κ2) is 6.97. The van der Waals surface area contributed by atoms with Crippen LogP contribution in [0.3, 0.4) is 0 Å². The second-order valence-corrected chi connectivity index (χ2v) is 5.44. The van der Waals surface area contributed by atoms with Gasteiger partial charge in [-0.05, 0) is 37.3 Å². The highest BCUT2D eigenvalue weighted by molar-refractivity contribution is 6.07. The molecule has 1 aromatic heterocycles. The molecule has 0 saturated heterocycles. The SMILES string of the molecule is CC(=O)c1ccccc1NC(=O)/C=C/c1coc2ccccc2c1=O. The van der Waals surface area contributed by atoms with Crippen LogP contribution < -0.4 is 10.7 Å². The first-order valence-electron chi connectivity index (χ1n) is 7.66. The van der Waals surface area contributed by atoms with Gasteiger partial charge in [0.05, 0.1) is 16.6 Å². The Labute approximate surface area is 143 Å². The number of para-hydroxylation sites is 2. The normalized spacial score (nSPS) is 10.9. The first-order chi connectivity index (χ1) is 12.1. The fraction of sp³-hybridized carbons (Fsp3) is 0.0500. The Morgan fingerprint density at radius 1 is 1.04 bits per heavy atom. The van der Waals surface area contributed by atoms with Crippen LogP contribution in [-0.4, -0.2) is 11.7 Å². The van der Waals surface area contributed by atoms with E-state index in [2.05, 4.69) is 5.32 Å². The number of ketones is 1. The summed E-state index contributed by atoms with van der Waals surface area (Å²) in [7, 11) is 0. The minimum absolute atomic E-state index is 0.143. The number of carbonyl (C=O) groups is 2. The van der Waals surface area contributed by atoms with Crippen molar-refractivity contribution in [1.82, 2.24) is 0 Å².